The van der Waals surface area contributed by atoms with Gasteiger partial charge in [-0.15, -0.1) is 0 Å². The van der Waals surface area contributed by atoms with E-state index in [0.717, 1.165) is 29.1 Å². The molecule has 116 valence electrons. The Kier molecular flexibility index (Phi) is 4.13. The van der Waals surface area contributed by atoms with E-state index < -0.39 is 0 Å². The number of aromatic amines is 2. The summed E-state index contributed by atoms with van der Waals surface area (Å²) in [4.78, 5) is 19.7. The van der Waals surface area contributed by atoms with E-state index in [9.17, 15) is 4.79 Å². The first-order valence-corrected chi connectivity index (χ1v) is 7.71. The number of aromatic nitrogens is 2. The number of hydrogen-bond donors (Lipinski definition) is 2. The molecule has 1 aromatic carbocycles. The van der Waals surface area contributed by atoms with Crippen molar-refractivity contribution in [3.05, 3.63) is 55.7 Å². The molecule has 2 aromatic rings. The number of rotatable bonds is 3. The Bertz CT molecular complexity index is 810. The number of nitrogens with zero attached hydrogens (tertiary/aromatic N) is 1. The van der Waals surface area contributed by atoms with Crippen LogP contribution in [0.1, 0.15) is 22.4 Å². The summed E-state index contributed by atoms with van der Waals surface area (Å²) in [7, 11) is 0. The van der Waals surface area contributed by atoms with Gasteiger partial charge in [-0.3, -0.25) is 14.7 Å². The first-order valence-electron chi connectivity index (χ1n) is 7.30. The summed E-state index contributed by atoms with van der Waals surface area (Å²) in [5.41, 5.74) is 4.00. The molecule has 1 aliphatic rings. The number of benzene rings is 1. The molecule has 0 unspecified atom stereocenters. The first kappa shape index (κ1) is 15.0. The molecule has 3 rings (SSSR count). The number of hydrogen-bond acceptors (Lipinski definition) is 4. The fourth-order valence-electron chi connectivity index (χ4n) is 2.68. The van der Waals surface area contributed by atoms with Gasteiger partial charge in [-0.2, -0.15) is 0 Å². The van der Waals surface area contributed by atoms with Crippen molar-refractivity contribution in [1.82, 2.24) is 14.9 Å². The van der Waals surface area contributed by atoms with Crippen molar-refractivity contribution in [2.75, 3.05) is 13.3 Å². The summed E-state index contributed by atoms with van der Waals surface area (Å²) in [5.74, 6) is 0.907. The number of nitrogens with one attached hydrogen (secondary N) is 2. The van der Waals surface area contributed by atoms with Gasteiger partial charge in [-0.05, 0) is 49.7 Å². The Morgan fingerprint density at radius 3 is 2.95 bits per heavy atom. The summed E-state index contributed by atoms with van der Waals surface area (Å²) >= 11 is 5.04. The highest BCUT2D eigenvalue weighted by Gasteiger charge is 2.19. The van der Waals surface area contributed by atoms with Gasteiger partial charge >= 0.3 is 0 Å². The molecule has 0 spiro atoms. The lowest BCUT2D eigenvalue weighted by Gasteiger charge is -2.27. The zero-order valence-corrected chi connectivity index (χ0v) is 13.5. The zero-order chi connectivity index (χ0) is 15.7. The molecule has 0 amide bonds. The van der Waals surface area contributed by atoms with Crippen LogP contribution in [0.3, 0.4) is 0 Å². The largest absolute Gasteiger partial charge is 0.478 e. The second-order valence-electron chi connectivity index (χ2n) is 5.64. The summed E-state index contributed by atoms with van der Waals surface area (Å²) in [5, 5.41) is 0. The van der Waals surface area contributed by atoms with E-state index >= 15 is 0 Å². The van der Waals surface area contributed by atoms with Crippen LogP contribution in [0.25, 0.3) is 0 Å². The van der Waals surface area contributed by atoms with Crippen LogP contribution in [0, 0.1) is 18.6 Å². The summed E-state index contributed by atoms with van der Waals surface area (Å²) < 4.78 is 6.31. The molecule has 22 heavy (non-hydrogen) atoms. The predicted molar refractivity (Wildman–Crippen MR) is 87.8 cm³/mol. The lowest BCUT2D eigenvalue weighted by molar-refractivity contribution is 0.111. The zero-order valence-electron chi connectivity index (χ0n) is 12.7. The highest BCUT2D eigenvalue weighted by atomic mass is 32.1. The van der Waals surface area contributed by atoms with Crippen LogP contribution in [-0.4, -0.2) is 28.1 Å². The van der Waals surface area contributed by atoms with Gasteiger partial charge in [-0.25, -0.2) is 0 Å². The van der Waals surface area contributed by atoms with Gasteiger partial charge < -0.3 is 9.72 Å². The van der Waals surface area contributed by atoms with Crippen LogP contribution in [0.15, 0.2) is 23.0 Å². The number of H-pyrrole nitrogens is 2. The molecule has 1 aliphatic heterocycles. The highest BCUT2D eigenvalue weighted by molar-refractivity contribution is 7.71. The standard InChI is InChI=1S/C16H19N3O2S/c1-10-4-3-5-14(11(10)2)21-9-19-7-6-12-13(8-19)17-16(22)18-15(12)20/h3-5H,6-9H2,1-2H3,(H2,17,18,20,22). The Balaban J connectivity index is 1.72. The average Bonchev–Trinajstić information content (AvgIpc) is 2.48. The van der Waals surface area contributed by atoms with Gasteiger partial charge in [0.1, 0.15) is 12.5 Å². The van der Waals surface area contributed by atoms with Crippen molar-refractivity contribution in [2.24, 2.45) is 0 Å². The second kappa shape index (κ2) is 6.06. The molecule has 0 aliphatic carbocycles. The third-order valence-electron chi connectivity index (χ3n) is 4.15. The van der Waals surface area contributed by atoms with Crippen LogP contribution in [0.2, 0.25) is 0 Å². The van der Waals surface area contributed by atoms with Crippen molar-refractivity contribution in [2.45, 2.75) is 26.8 Å². The summed E-state index contributed by atoms with van der Waals surface area (Å²) in [6.07, 6.45) is 0.701. The van der Waals surface area contributed by atoms with E-state index in [1.165, 1.54) is 5.56 Å². The minimum absolute atomic E-state index is 0.0751. The maximum atomic E-state index is 11.9. The van der Waals surface area contributed by atoms with Crippen molar-refractivity contribution in [3.63, 3.8) is 0 Å². The number of ether oxygens (including phenoxy) is 1. The summed E-state index contributed by atoms with van der Waals surface area (Å²) in [6, 6.07) is 6.06. The van der Waals surface area contributed by atoms with Gasteiger partial charge in [0.25, 0.3) is 5.56 Å². The average molecular weight is 317 g/mol. The van der Waals surface area contributed by atoms with Gasteiger partial charge in [0.05, 0.1) is 0 Å². The van der Waals surface area contributed by atoms with Gasteiger partial charge in [0.15, 0.2) is 4.77 Å². The van der Waals surface area contributed by atoms with E-state index in [2.05, 4.69) is 34.8 Å². The van der Waals surface area contributed by atoms with Gasteiger partial charge in [0, 0.05) is 24.3 Å². The molecule has 6 heteroatoms. The Morgan fingerprint density at radius 2 is 2.14 bits per heavy atom. The molecular formula is C16H19N3O2S. The molecule has 2 heterocycles. The molecule has 0 bridgehead atoms. The van der Waals surface area contributed by atoms with E-state index in [4.69, 9.17) is 17.0 Å². The van der Waals surface area contributed by atoms with E-state index in [0.29, 0.717) is 24.5 Å². The molecule has 2 N–H and O–H groups in total. The maximum absolute atomic E-state index is 11.9. The van der Waals surface area contributed by atoms with Crippen molar-refractivity contribution >= 4 is 12.2 Å². The number of aryl methyl sites for hydroxylation is 1. The normalized spacial score (nSPS) is 14.6. The number of fused-ring (bicyclic) bond motifs is 1. The Hall–Kier alpha value is -1.92. The third kappa shape index (κ3) is 2.98. The van der Waals surface area contributed by atoms with Gasteiger partial charge in [-0.1, -0.05) is 12.1 Å². The van der Waals surface area contributed by atoms with Crippen molar-refractivity contribution < 1.29 is 4.74 Å². The Labute approximate surface area is 134 Å². The molecule has 1 aromatic heterocycles. The van der Waals surface area contributed by atoms with Crippen LogP contribution >= 0.6 is 12.2 Å². The predicted octanol–water partition coefficient (Wildman–Crippen LogP) is 2.44. The quantitative estimate of drug-likeness (QED) is 0.854. The van der Waals surface area contributed by atoms with Gasteiger partial charge in [0.2, 0.25) is 0 Å². The summed E-state index contributed by atoms with van der Waals surface area (Å²) in [6.45, 7) is 6.08. The van der Waals surface area contributed by atoms with Crippen molar-refractivity contribution in [1.29, 1.82) is 0 Å². The highest BCUT2D eigenvalue weighted by Crippen LogP contribution is 2.21. The first-order chi connectivity index (χ1) is 10.5. The molecule has 0 saturated carbocycles. The second-order valence-corrected chi connectivity index (χ2v) is 6.05. The molecule has 5 nitrogen and oxygen atoms in total. The lowest BCUT2D eigenvalue weighted by atomic mass is 10.1. The molecule has 0 saturated heterocycles. The van der Waals surface area contributed by atoms with Crippen LogP contribution in [-0.2, 0) is 13.0 Å². The van der Waals surface area contributed by atoms with Crippen LogP contribution < -0.4 is 10.3 Å². The van der Waals surface area contributed by atoms with Crippen molar-refractivity contribution in [3.8, 4) is 5.75 Å². The monoisotopic (exact) mass is 317 g/mol. The lowest BCUT2D eigenvalue weighted by Crippen LogP contribution is -2.37. The minimum Gasteiger partial charge on any atom is -0.478 e. The van der Waals surface area contributed by atoms with Crippen LogP contribution in [0.4, 0.5) is 0 Å². The van der Waals surface area contributed by atoms with E-state index in [-0.39, 0.29) is 5.56 Å². The van der Waals surface area contributed by atoms with Crippen LogP contribution in [0.5, 0.6) is 5.75 Å². The van der Waals surface area contributed by atoms with E-state index in [1.54, 1.807) is 0 Å². The molecular weight excluding hydrogens is 298 g/mol. The SMILES string of the molecule is Cc1cccc(OCN2CCc3c([nH]c(=S)[nH]c3=O)C2)c1C. The maximum Gasteiger partial charge on any atom is 0.255 e. The fourth-order valence-corrected chi connectivity index (χ4v) is 2.90. The topological polar surface area (TPSA) is 61.1 Å². The van der Waals surface area contributed by atoms with E-state index in [1.807, 2.05) is 12.1 Å². The smallest absolute Gasteiger partial charge is 0.255 e. The molecule has 0 radical (unpaired) electrons. The molecule has 0 atom stereocenters. The fraction of sp³-hybridized carbons (Fsp3) is 0.375. The third-order valence-corrected chi connectivity index (χ3v) is 4.35. The molecule has 0 fully saturated rings. The minimum atomic E-state index is -0.0751. The Morgan fingerprint density at radius 1 is 1.32 bits per heavy atom.